The second-order valence-corrected chi connectivity index (χ2v) is 5.68. The summed E-state index contributed by atoms with van der Waals surface area (Å²) in [6.07, 6.45) is 10.4. The molecular formula is C14H27N. The summed E-state index contributed by atoms with van der Waals surface area (Å²) in [7, 11) is 0. The second kappa shape index (κ2) is 5.34. The summed E-state index contributed by atoms with van der Waals surface area (Å²) in [4.78, 5) is 0. The van der Waals surface area contributed by atoms with E-state index < -0.39 is 0 Å². The second-order valence-electron chi connectivity index (χ2n) is 5.68. The van der Waals surface area contributed by atoms with E-state index in [0.717, 1.165) is 30.3 Å². The molecule has 2 aliphatic rings. The van der Waals surface area contributed by atoms with Gasteiger partial charge < -0.3 is 5.32 Å². The van der Waals surface area contributed by atoms with Gasteiger partial charge in [0.1, 0.15) is 0 Å². The lowest BCUT2D eigenvalue weighted by molar-refractivity contribution is 0.203. The van der Waals surface area contributed by atoms with E-state index in [9.17, 15) is 0 Å². The van der Waals surface area contributed by atoms with Gasteiger partial charge in [-0.05, 0) is 50.0 Å². The van der Waals surface area contributed by atoms with Crippen LogP contribution >= 0.6 is 0 Å². The van der Waals surface area contributed by atoms with Crippen LogP contribution < -0.4 is 5.32 Å². The molecule has 2 rings (SSSR count). The molecule has 1 N–H and O–H groups in total. The van der Waals surface area contributed by atoms with E-state index in [0.29, 0.717) is 0 Å². The van der Waals surface area contributed by atoms with E-state index in [2.05, 4.69) is 19.2 Å². The average molecular weight is 209 g/mol. The Morgan fingerprint density at radius 2 is 1.67 bits per heavy atom. The SMILES string of the molecule is CCNC(C1CCCCC1)C(C)C1CC1. The van der Waals surface area contributed by atoms with E-state index >= 15 is 0 Å². The Hall–Kier alpha value is -0.0400. The summed E-state index contributed by atoms with van der Waals surface area (Å²) in [5.74, 6) is 2.96. The van der Waals surface area contributed by atoms with Crippen molar-refractivity contribution in [3.63, 3.8) is 0 Å². The molecule has 1 nitrogen and oxygen atoms in total. The minimum Gasteiger partial charge on any atom is -0.314 e. The van der Waals surface area contributed by atoms with Crippen LogP contribution in [0, 0.1) is 17.8 Å². The third kappa shape index (κ3) is 2.96. The number of hydrogen-bond donors (Lipinski definition) is 1. The largest absolute Gasteiger partial charge is 0.314 e. The molecule has 2 fully saturated rings. The summed E-state index contributed by atoms with van der Waals surface area (Å²) in [5, 5.41) is 3.77. The Morgan fingerprint density at radius 1 is 1.00 bits per heavy atom. The zero-order valence-electron chi connectivity index (χ0n) is 10.5. The smallest absolute Gasteiger partial charge is 0.0123 e. The molecule has 0 spiro atoms. The lowest BCUT2D eigenvalue weighted by Crippen LogP contribution is -2.42. The quantitative estimate of drug-likeness (QED) is 0.729. The van der Waals surface area contributed by atoms with Gasteiger partial charge in [0.15, 0.2) is 0 Å². The first-order valence-corrected chi connectivity index (χ1v) is 7.06. The fourth-order valence-corrected chi connectivity index (χ4v) is 3.43. The highest BCUT2D eigenvalue weighted by Crippen LogP contribution is 2.41. The average Bonchev–Trinajstić information content (AvgIpc) is 3.10. The molecule has 0 amide bonds. The van der Waals surface area contributed by atoms with Crippen molar-refractivity contribution in [1.82, 2.24) is 5.32 Å². The fraction of sp³-hybridized carbons (Fsp3) is 1.00. The third-order valence-corrected chi connectivity index (χ3v) is 4.53. The predicted octanol–water partition coefficient (Wildman–Crippen LogP) is 3.59. The number of nitrogens with one attached hydrogen (secondary N) is 1. The summed E-state index contributed by atoms with van der Waals surface area (Å²) in [6, 6.07) is 0.822. The lowest BCUT2D eigenvalue weighted by Gasteiger charge is -2.35. The van der Waals surface area contributed by atoms with Gasteiger partial charge in [0.05, 0.1) is 0 Å². The minimum absolute atomic E-state index is 0.822. The highest BCUT2D eigenvalue weighted by atomic mass is 14.9. The summed E-state index contributed by atoms with van der Waals surface area (Å²) in [5.41, 5.74) is 0. The van der Waals surface area contributed by atoms with Crippen LogP contribution in [0.5, 0.6) is 0 Å². The zero-order valence-corrected chi connectivity index (χ0v) is 10.5. The van der Waals surface area contributed by atoms with Crippen molar-refractivity contribution >= 4 is 0 Å². The maximum Gasteiger partial charge on any atom is 0.0123 e. The van der Waals surface area contributed by atoms with Crippen molar-refractivity contribution in [2.75, 3.05) is 6.54 Å². The van der Waals surface area contributed by atoms with Crippen LogP contribution in [0.1, 0.15) is 58.8 Å². The van der Waals surface area contributed by atoms with E-state index in [1.54, 1.807) is 0 Å². The first-order chi connectivity index (χ1) is 7.33. The first-order valence-electron chi connectivity index (χ1n) is 7.06. The van der Waals surface area contributed by atoms with Gasteiger partial charge in [0.25, 0.3) is 0 Å². The Kier molecular flexibility index (Phi) is 4.07. The van der Waals surface area contributed by atoms with Crippen molar-refractivity contribution in [3.8, 4) is 0 Å². The van der Waals surface area contributed by atoms with Gasteiger partial charge >= 0.3 is 0 Å². The van der Waals surface area contributed by atoms with Crippen LogP contribution in [0.3, 0.4) is 0 Å². The van der Waals surface area contributed by atoms with Gasteiger partial charge in [-0.15, -0.1) is 0 Å². The molecule has 88 valence electrons. The van der Waals surface area contributed by atoms with Gasteiger partial charge in [-0.3, -0.25) is 0 Å². The fourth-order valence-electron chi connectivity index (χ4n) is 3.43. The van der Waals surface area contributed by atoms with Gasteiger partial charge in [0.2, 0.25) is 0 Å². The molecule has 2 atom stereocenters. The monoisotopic (exact) mass is 209 g/mol. The highest BCUT2D eigenvalue weighted by molar-refractivity contribution is 4.90. The Labute approximate surface area is 95.0 Å². The normalized spacial score (nSPS) is 27.6. The Bertz CT molecular complexity index is 180. The van der Waals surface area contributed by atoms with Crippen molar-refractivity contribution in [3.05, 3.63) is 0 Å². The van der Waals surface area contributed by atoms with Crippen LogP contribution in [0.2, 0.25) is 0 Å². The molecule has 2 unspecified atom stereocenters. The first kappa shape index (κ1) is 11.4. The standard InChI is InChI=1S/C14H27N/c1-3-15-14(11(2)12-9-10-12)13-7-5-4-6-8-13/h11-15H,3-10H2,1-2H3. The molecule has 0 saturated heterocycles. The maximum atomic E-state index is 3.77. The molecule has 0 heterocycles. The van der Waals surface area contributed by atoms with Crippen molar-refractivity contribution in [1.29, 1.82) is 0 Å². The number of hydrogen-bond acceptors (Lipinski definition) is 1. The summed E-state index contributed by atoms with van der Waals surface area (Å²) in [6.45, 7) is 5.90. The predicted molar refractivity (Wildman–Crippen MR) is 65.9 cm³/mol. The topological polar surface area (TPSA) is 12.0 Å². The molecule has 2 aliphatic carbocycles. The van der Waals surface area contributed by atoms with Crippen LogP contribution in [0.4, 0.5) is 0 Å². The van der Waals surface area contributed by atoms with Crippen molar-refractivity contribution < 1.29 is 0 Å². The molecule has 15 heavy (non-hydrogen) atoms. The molecule has 0 radical (unpaired) electrons. The van der Waals surface area contributed by atoms with Crippen molar-refractivity contribution in [2.45, 2.75) is 64.8 Å². The van der Waals surface area contributed by atoms with Gasteiger partial charge in [-0.25, -0.2) is 0 Å². The maximum absolute atomic E-state index is 3.77. The lowest BCUT2D eigenvalue weighted by atomic mass is 9.77. The van der Waals surface area contributed by atoms with Gasteiger partial charge in [-0.1, -0.05) is 33.1 Å². The van der Waals surface area contributed by atoms with E-state index in [4.69, 9.17) is 0 Å². The minimum atomic E-state index is 0.822. The van der Waals surface area contributed by atoms with E-state index in [1.165, 1.54) is 44.9 Å². The summed E-state index contributed by atoms with van der Waals surface area (Å²) >= 11 is 0. The Balaban J connectivity index is 1.90. The van der Waals surface area contributed by atoms with Crippen LogP contribution in [0.15, 0.2) is 0 Å². The van der Waals surface area contributed by atoms with Crippen LogP contribution in [-0.4, -0.2) is 12.6 Å². The van der Waals surface area contributed by atoms with Crippen molar-refractivity contribution in [2.24, 2.45) is 17.8 Å². The number of rotatable bonds is 5. The van der Waals surface area contributed by atoms with Crippen LogP contribution in [-0.2, 0) is 0 Å². The summed E-state index contributed by atoms with van der Waals surface area (Å²) < 4.78 is 0. The van der Waals surface area contributed by atoms with E-state index in [1.807, 2.05) is 0 Å². The Morgan fingerprint density at radius 3 is 2.20 bits per heavy atom. The molecule has 0 aromatic carbocycles. The zero-order chi connectivity index (χ0) is 10.7. The van der Waals surface area contributed by atoms with Crippen LogP contribution in [0.25, 0.3) is 0 Å². The van der Waals surface area contributed by atoms with Gasteiger partial charge in [0, 0.05) is 6.04 Å². The molecule has 0 bridgehead atoms. The molecule has 1 heteroatoms. The van der Waals surface area contributed by atoms with E-state index in [-0.39, 0.29) is 0 Å². The molecular weight excluding hydrogens is 182 g/mol. The highest BCUT2D eigenvalue weighted by Gasteiger charge is 2.36. The molecule has 0 aliphatic heterocycles. The van der Waals surface area contributed by atoms with Gasteiger partial charge in [-0.2, -0.15) is 0 Å². The molecule has 2 saturated carbocycles. The molecule has 0 aromatic rings. The third-order valence-electron chi connectivity index (χ3n) is 4.53. The molecule has 0 aromatic heterocycles.